The molecular weight excluding hydrogens is 465 g/mol. The number of esters is 1. The van der Waals surface area contributed by atoms with Crippen LogP contribution in [0.3, 0.4) is 0 Å². The lowest BCUT2D eigenvalue weighted by Gasteiger charge is -2.47. The summed E-state index contributed by atoms with van der Waals surface area (Å²) in [5.74, 6) is -1.46. The normalized spacial score (nSPS) is 14.8. The lowest BCUT2D eigenvalue weighted by Crippen LogP contribution is -2.63. The molecule has 0 aliphatic heterocycles. The summed E-state index contributed by atoms with van der Waals surface area (Å²) in [5.41, 5.74) is -0.00562. The van der Waals surface area contributed by atoms with Crippen LogP contribution in [-0.4, -0.2) is 57.4 Å². The van der Waals surface area contributed by atoms with Crippen LogP contribution in [-0.2, 0) is 26.7 Å². The average molecular weight is 509 g/mol. The molecule has 0 fully saturated rings. The van der Waals surface area contributed by atoms with Crippen molar-refractivity contribution in [3.63, 3.8) is 0 Å². The Labute approximate surface area is 193 Å². The third-order valence-corrected chi connectivity index (χ3v) is 16.0. The Hall–Kier alpha value is -0.572. The molecule has 0 aromatic rings. The first-order valence-corrected chi connectivity index (χ1v) is 23.0. The highest BCUT2D eigenvalue weighted by atomic mass is 28.5. The van der Waals surface area contributed by atoms with Gasteiger partial charge in [0.05, 0.1) is 6.61 Å². The highest BCUT2D eigenvalue weighted by molar-refractivity contribution is 6.90. The van der Waals surface area contributed by atoms with E-state index in [-0.39, 0.29) is 12.1 Å². The molecule has 0 aromatic heterocycles. The van der Waals surface area contributed by atoms with Gasteiger partial charge in [0.1, 0.15) is 0 Å². The molecule has 0 aliphatic rings. The van der Waals surface area contributed by atoms with Gasteiger partial charge < -0.3 is 22.2 Å². The van der Waals surface area contributed by atoms with Crippen molar-refractivity contribution in [2.45, 2.75) is 91.2 Å². The van der Waals surface area contributed by atoms with Crippen molar-refractivity contribution >= 4 is 45.7 Å². The Bertz CT molecular complexity index is 576. The molecule has 0 aromatic carbocycles. The molecule has 0 bridgehead atoms. The van der Waals surface area contributed by atoms with Crippen LogP contribution >= 0.6 is 0 Å². The lowest BCUT2D eigenvalue weighted by molar-refractivity contribution is -0.139. The van der Waals surface area contributed by atoms with E-state index in [1.165, 1.54) is 0 Å². The van der Waals surface area contributed by atoms with E-state index in [0.717, 1.165) is 18.6 Å². The van der Waals surface area contributed by atoms with Gasteiger partial charge in [0, 0.05) is 17.7 Å². The fourth-order valence-corrected chi connectivity index (χ4v) is 18.2. The molecule has 0 spiro atoms. The number of carbonyl (C=O) groups is 2. The predicted octanol–water partition coefficient (Wildman–Crippen LogP) is 5.47. The number of carbonyl (C=O) groups excluding carboxylic acids is 1. The molecule has 0 heterocycles. The van der Waals surface area contributed by atoms with E-state index < -0.39 is 45.7 Å². The summed E-state index contributed by atoms with van der Waals surface area (Å²) < 4.78 is 25.8. The van der Waals surface area contributed by atoms with Crippen LogP contribution in [0, 0.1) is 5.92 Å². The standard InChI is InChI=1S/C20H44O7Si4/c1-17(2)16-18(14-15-24-20(23)13-12-19(21)22)31(25-28(3,4)5,26-29(6,7)8)27-30(9,10)11/h12-13,17-18H,14-16H2,1-11H3,(H,21,22)/b13-12+. The third-order valence-electron chi connectivity index (χ3n) is 3.67. The van der Waals surface area contributed by atoms with Crippen molar-refractivity contribution in [1.82, 2.24) is 0 Å². The van der Waals surface area contributed by atoms with Crippen LogP contribution in [0.25, 0.3) is 0 Å². The molecule has 11 heteroatoms. The first-order chi connectivity index (χ1) is 13.7. The van der Waals surface area contributed by atoms with Crippen molar-refractivity contribution in [1.29, 1.82) is 0 Å². The molecule has 7 nitrogen and oxygen atoms in total. The Balaban J connectivity index is 6.01. The van der Waals surface area contributed by atoms with Crippen LogP contribution in [0.1, 0.15) is 26.7 Å². The van der Waals surface area contributed by atoms with Crippen LogP contribution < -0.4 is 0 Å². The summed E-state index contributed by atoms with van der Waals surface area (Å²) in [4.78, 5) is 22.5. The Morgan fingerprint density at radius 3 is 1.55 bits per heavy atom. The summed E-state index contributed by atoms with van der Waals surface area (Å²) in [6.45, 7) is 23.8. The number of ether oxygens (including phenoxy) is 1. The molecule has 0 rings (SSSR count). The van der Waals surface area contributed by atoms with Gasteiger partial charge in [-0.05, 0) is 77.7 Å². The second kappa shape index (κ2) is 12.0. The highest BCUT2D eigenvalue weighted by Gasteiger charge is 2.55. The molecule has 0 saturated heterocycles. The Kier molecular flexibility index (Phi) is 11.8. The maximum atomic E-state index is 11.9. The van der Waals surface area contributed by atoms with E-state index in [1.807, 2.05) is 0 Å². The Morgan fingerprint density at radius 2 is 1.23 bits per heavy atom. The molecule has 1 N–H and O–H groups in total. The van der Waals surface area contributed by atoms with Crippen LogP contribution in [0.2, 0.25) is 64.5 Å². The lowest BCUT2D eigenvalue weighted by atomic mass is 10.1. The van der Waals surface area contributed by atoms with Gasteiger partial charge in [-0.25, -0.2) is 9.59 Å². The van der Waals surface area contributed by atoms with E-state index in [2.05, 4.69) is 72.8 Å². The molecule has 1 unspecified atom stereocenters. The van der Waals surface area contributed by atoms with Gasteiger partial charge in [-0.2, -0.15) is 0 Å². The molecule has 0 radical (unpaired) electrons. The minimum absolute atomic E-state index is 0.00562. The van der Waals surface area contributed by atoms with E-state index in [9.17, 15) is 9.59 Å². The summed E-state index contributed by atoms with van der Waals surface area (Å²) in [5, 5.41) is 8.68. The van der Waals surface area contributed by atoms with Gasteiger partial charge in [-0.15, -0.1) is 0 Å². The minimum Gasteiger partial charge on any atom is -0.478 e. The average Bonchev–Trinajstić information content (AvgIpc) is 2.46. The van der Waals surface area contributed by atoms with Crippen LogP contribution in [0.4, 0.5) is 0 Å². The fourth-order valence-electron chi connectivity index (χ4n) is 3.09. The molecule has 31 heavy (non-hydrogen) atoms. The second-order valence-electron chi connectivity index (χ2n) is 11.2. The zero-order valence-electron chi connectivity index (χ0n) is 21.3. The maximum Gasteiger partial charge on any atom is 0.472 e. The smallest absolute Gasteiger partial charge is 0.472 e. The third kappa shape index (κ3) is 15.0. The van der Waals surface area contributed by atoms with E-state index in [4.69, 9.17) is 22.2 Å². The van der Waals surface area contributed by atoms with Crippen molar-refractivity contribution in [3.8, 4) is 0 Å². The van der Waals surface area contributed by atoms with E-state index in [1.54, 1.807) is 0 Å². The minimum atomic E-state index is -3.12. The number of hydrogen-bond acceptors (Lipinski definition) is 6. The van der Waals surface area contributed by atoms with Crippen LogP contribution in [0.5, 0.6) is 0 Å². The Morgan fingerprint density at radius 1 is 0.806 bits per heavy atom. The predicted molar refractivity (Wildman–Crippen MR) is 135 cm³/mol. The summed E-state index contributed by atoms with van der Waals surface area (Å²) >= 11 is 0. The second-order valence-corrected chi connectivity index (χ2v) is 28.3. The highest BCUT2D eigenvalue weighted by Crippen LogP contribution is 2.40. The zero-order valence-corrected chi connectivity index (χ0v) is 25.3. The molecule has 0 amide bonds. The molecule has 1 atom stereocenters. The van der Waals surface area contributed by atoms with Gasteiger partial charge in [0.2, 0.25) is 0 Å². The summed E-state index contributed by atoms with van der Waals surface area (Å²) in [6.07, 6.45) is 3.11. The van der Waals surface area contributed by atoms with Crippen molar-refractivity contribution < 1.29 is 31.8 Å². The molecule has 182 valence electrons. The summed E-state index contributed by atoms with van der Waals surface area (Å²) in [7, 11) is -9.18. The molecular formula is C20H44O7Si4. The number of aliphatic carboxylic acids is 1. The quantitative estimate of drug-likeness (QED) is 0.189. The van der Waals surface area contributed by atoms with Gasteiger partial charge in [0.25, 0.3) is 0 Å². The van der Waals surface area contributed by atoms with Crippen LogP contribution in [0.15, 0.2) is 12.2 Å². The first kappa shape index (κ1) is 30.4. The van der Waals surface area contributed by atoms with E-state index in [0.29, 0.717) is 12.3 Å². The molecule has 0 saturated carbocycles. The van der Waals surface area contributed by atoms with Crippen molar-refractivity contribution in [2.75, 3.05) is 6.61 Å². The largest absolute Gasteiger partial charge is 0.478 e. The van der Waals surface area contributed by atoms with Gasteiger partial charge in [0.15, 0.2) is 25.0 Å². The number of carboxylic acids is 1. The summed E-state index contributed by atoms with van der Waals surface area (Å²) in [6, 6.07) is 0. The fraction of sp³-hybridized carbons (Fsp3) is 0.800. The molecule has 0 aliphatic carbocycles. The van der Waals surface area contributed by atoms with Gasteiger partial charge in [-0.3, -0.25) is 0 Å². The van der Waals surface area contributed by atoms with E-state index >= 15 is 0 Å². The number of rotatable bonds is 14. The van der Waals surface area contributed by atoms with Crippen molar-refractivity contribution in [3.05, 3.63) is 12.2 Å². The van der Waals surface area contributed by atoms with Gasteiger partial charge >= 0.3 is 20.7 Å². The first-order valence-electron chi connectivity index (χ1n) is 10.9. The number of hydrogen-bond donors (Lipinski definition) is 1. The SMILES string of the molecule is CC(C)CC(CCOC(=O)/C=C/C(=O)O)[Si](O[Si](C)(C)C)(O[Si](C)(C)C)O[Si](C)(C)C. The van der Waals surface area contributed by atoms with Gasteiger partial charge in [-0.1, -0.05) is 13.8 Å². The zero-order chi connectivity index (χ0) is 24.7. The van der Waals surface area contributed by atoms with Crippen molar-refractivity contribution in [2.24, 2.45) is 5.92 Å². The maximum absolute atomic E-state index is 11.9. The number of carboxylic acid groups (broad SMARTS) is 1. The monoisotopic (exact) mass is 508 g/mol. The topological polar surface area (TPSA) is 91.3 Å².